The lowest BCUT2D eigenvalue weighted by atomic mass is 9.85. The van der Waals surface area contributed by atoms with Crippen LogP contribution in [0.25, 0.3) is 10.8 Å². The molecule has 5 rings (SSSR count). The van der Waals surface area contributed by atoms with Crippen LogP contribution in [0.4, 0.5) is 0 Å². The molecule has 5 aromatic rings. The molecule has 35 heavy (non-hydrogen) atoms. The van der Waals surface area contributed by atoms with E-state index in [4.69, 9.17) is 4.74 Å². The monoisotopic (exact) mass is 692 g/mol. The average Bonchev–Trinajstić information content (AvgIpc) is 3.35. The van der Waals surface area contributed by atoms with Crippen LogP contribution in [0.5, 0.6) is 5.75 Å². The highest BCUT2D eigenvalue weighted by Crippen LogP contribution is 2.37. The van der Waals surface area contributed by atoms with Crippen molar-refractivity contribution in [1.29, 1.82) is 0 Å². The van der Waals surface area contributed by atoms with Gasteiger partial charge >= 0.3 is 0 Å². The Balaban J connectivity index is 1.55. The molecule has 0 spiro atoms. The summed E-state index contributed by atoms with van der Waals surface area (Å²) in [5.41, 5.74) is 3.91. The fourth-order valence-corrected chi connectivity index (χ4v) is 6.66. The van der Waals surface area contributed by atoms with E-state index in [0.717, 1.165) is 24.0 Å². The zero-order valence-corrected chi connectivity index (χ0v) is 23.3. The summed E-state index contributed by atoms with van der Waals surface area (Å²) in [6, 6.07) is 18.4. The van der Waals surface area contributed by atoms with Gasteiger partial charge in [0.15, 0.2) is 0 Å². The van der Waals surface area contributed by atoms with E-state index >= 15 is 0 Å². The number of rotatable bonds is 6. The lowest BCUT2D eigenvalue weighted by molar-refractivity contribution is 0.303. The van der Waals surface area contributed by atoms with Crippen LogP contribution >= 0.6 is 45.2 Å². The Hall–Kier alpha value is -2.80. The molecule has 2 aromatic heterocycles. The molecular formula is C26H22I2N4O3. The highest BCUT2D eigenvalue weighted by atomic mass is 127. The van der Waals surface area contributed by atoms with Gasteiger partial charge in [0.25, 0.3) is 11.1 Å². The molecular weight excluding hydrogens is 670 g/mol. The van der Waals surface area contributed by atoms with Gasteiger partial charge in [-0.25, -0.2) is 0 Å². The van der Waals surface area contributed by atoms with E-state index in [-0.39, 0.29) is 11.1 Å². The molecule has 0 aliphatic rings. The van der Waals surface area contributed by atoms with Crippen molar-refractivity contribution >= 4 is 56.0 Å². The molecule has 3 aromatic carbocycles. The minimum atomic E-state index is -0.533. The number of aromatic nitrogens is 4. The molecule has 4 N–H and O–H groups in total. The van der Waals surface area contributed by atoms with Crippen molar-refractivity contribution in [3.05, 3.63) is 116 Å². The molecule has 0 aliphatic carbocycles. The normalized spacial score (nSPS) is 11.5. The van der Waals surface area contributed by atoms with Gasteiger partial charge in [-0.05, 0) is 93.1 Å². The van der Waals surface area contributed by atoms with E-state index < -0.39 is 5.92 Å². The van der Waals surface area contributed by atoms with Crippen LogP contribution in [0.15, 0.2) is 64.2 Å². The summed E-state index contributed by atoms with van der Waals surface area (Å²) < 4.78 is 8.12. The molecule has 0 bridgehead atoms. The van der Waals surface area contributed by atoms with Gasteiger partial charge in [-0.1, -0.05) is 42.5 Å². The zero-order chi connectivity index (χ0) is 24.7. The fourth-order valence-electron chi connectivity index (χ4n) is 4.54. The van der Waals surface area contributed by atoms with Crippen molar-refractivity contribution in [3.63, 3.8) is 0 Å². The van der Waals surface area contributed by atoms with Gasteiger partial charge in [0.05, 0.1) is 18.3 Å². The topological polar surface area (TPSA) is 107 Å². The van der Waals surface area contributed by atoms with Gasteiger partial charge in [0, 0.05) is 17.3 Å². The first-order valence-corrected chi connectivity index (χ1v) is 13.1. The predicted molar refractivity (Wildman–Crippen MR) is 153 cm³/mol. The third kappa shape index (κ3) is 4.46. The number of benzene rings is 3. The molecule has 178 valence electrons. The summed E-state index contributed by atoms with van der Waals surface area (Å²) in [7, 11) is 0. The van der Waals surface area contributed by atoms with Crippen molar-refractivity contribution in [2.45, 2.75) is 26.4 Å². The van der Waals surface area contributed by atoms with Crippen molar-refractivity contribution in [2.24, 2.45) is 0 Å². The fraction of sp³-hybridized carbons (Fsp3) is 0.154. The minimum absolute atomic E-state index is 0.242. The highest BCUT2D eigenvalue weighted by molar-refractivity contribution is 14.1. The number of aryl methyl sites for hydroxylation is 2. The van der Waals surface area contributed by atoms with Gasteiger partial charge in [-0.3, -0.25) is 19.8 Å². The smallest absolute Gasteiger partial charge is 0.268 e. The van der Waals surface area contributed by atoms with Gasteiger partial charge in [0.1, 0.15) is 12.4 Å². The van der Waals surface area contributed by atoms with Crippen LogP contribution in [-0.4, -0.2) is 20.4 Å². The third-order valence-electron chi connectivity index (χ3n) is 6.21. The first-order chi connectivity index (χ1) is 16.8. The second-order valence-electron chi connectivity index (χ2n) is 8.41. The van der Waals surface area contributed by atoms with Gasteiger partial charge in [0.2, 0.25) is 0 Å². The van der Waals surface area contributed by atoms with E-state index in [9.17, 15) is 9.59 Å². The van der Waals surface area contributed by atoms with Crippen molar-refractivity contribution < 1.29 is 4.74 Å². The number of aromatic amines is 4. The molecule has 0 fully saturated rings. The van der Waals surface area contributed by atoms with E-state index in [1.807, 2.05) is 44.2 Å². The largest absolute Gasteiger partial charge is 0.487 e. The van der Waals surface area contributed by atoms with Gasteiger partial charge in [-0.15, -0.1) is 0 Å². The number of hydrogen-bond donors (Lipinski definition) is 4. The number of hydrogen-bond acceptors (Lipinski definition) is 3. The van der Waals surface area contributed by atoms with Gasteiger partial charge in [-0.2, -0.15) is 0 Å². The molecule has 0 atom stereocenters. The molecule has 0 amide bonds. The highest BCUT2D eigenvalue weighted by Gasteiger charge is 2.29. The van der Waals surface area contributed by atoms with Crippen LogP contribution in [-0.2, 0) is 6.61 Å². The molecule has 7 nitrogen and oxygen atoms in total. The number of ether oxygens (including phenoxy) is 1. The van der Waals surface area contributed by atoms with Crippen molar-refractivity contribution in [3.8, 4) is 5.75 Å². The predicted octanol–water partition coefficient (Wildman–Crippen LogP) is 5.46. The molecule has 9 heteroatoms. The van der Waals surface area contributed by atoms with Crippen LogP contribution in [0.1, 0.15) is 39.6 Å². The Kier molecular flexibility index (Phi) is 6.62. The van der Waals surface area contributed by atoms with Crippen molar-refractivity contribution in [2.75, 3.05) is 0 Å². The van der Waals surface area contributed by atoms with E-state index in [1.165, 1.54) is 10.8 Å². The minimum Gasteiger partial charge on any atom is -0.487 e. The van der Waals surface area contributed by atoms with E-state index in [0.29, 0.717) is 29.1 Å². The van der Waals surface area contributed by atoms with E-state index in [1.54, 1.807) is 0 Å². The Labute approximate surface area is 227 Å². The first kappa shape index (κ1) is 23.9. The summed E-state index contributed by atoms with van der Waals surface area (Å²) in [5, 5.41) is 13.4. The molecule has 0 radical (unpaired) electrons. The van der Waals surface area contributed by atoms with E-state index in [2.05, 4.69) is 89.8 Å². The first-order valence-electron chi connectivity index (χ1n) is 11.0. The number of halogens is 2. The summed E-state index contributed by atoms with van der Waals surface area (Å²) in [5.74, 6) is 0.246. The zero-order valence-electron chi connectivity index (χ0n) is 19.0. The second kappa shape index (κ2) is 9.69. The summed E-state index contributed by atoms with van der Waals surface area (Å²) >= 11 is 4.52. The Morgan fingerprint density at radius 2 is 1.37 bits per heavy atom. The van der Waals surface area contributed by atoms with Crippen LogP contribution < -0.4 is 15.9 Å². The SMILES string of the molecule is Cc1[nH][nH]c(=O)c1C(c1cc(I)c(OCc2cccc3ccccc23)c(I)c1)c1c(C)[nH][nH]c1=O. The molecule has 0 saturated heterocycles. The Morgan fingerprint density at radius 3 is 1.94 bits per heavy atom. The maximum absolute atomic E-state index is 12.7. The maximum Gasteiger partial charge on any atom is 0.268 e. The number of H-pyrrole nitrogens is 4. The Bertz CT molecular complexity index is 1580. The van der Waals surface area contributed by atoms with Crippen LogP contribution in [0.2, 0.25) is 0 Å². The molecule has 2 heterocycles. The van der Waals surface area contributed by atoms with Crippen LogP contribution in [0.3, 0.4) is 0 Å². The summed E-state index contributed by atoms with van der Waals surface area (Å²) in [6.45, 7) is 4.09. The average molecular weight is 692 g/mol. The quantitative estimate of drug-likeness (QED) is 0.178. The molecule has 0 aliphatic heterocycles. The lowest BCUT2D eigenvalue weighted by Crippen LogP contribution is -2.20. The standard InChI is InChI=1S/C26H22I2N4O3/c1-13-21(25(33)31-29-13)23(22-14(2)30-32-26(22)34)17-10-19(27)24(20(28)11-17)35-12-16-8-5-7-15-6-3-4-9-18(15)16/h3-11,23H,12H2,1-2H3,(H2,29,31,33)(H2,30,32,34). The van der Waals surface area contributed by atoms with Crippen molar-refractivity contribution in [1.82, 2.24) is 20.4 Å². The molecule has 0 unspecified atom stereocenters. The number of nitrogens with one attached hydrogen (secondary N) is 4. The Morgan fingerprint density at radius 1 is 0.800 bits per heavy atom. The molecule has 0 saturated carbocycles. The lowest BCUT2D eigenvalue weighted by Gasteiger charge is -2.19. The number of fused-ring (bicyclic) bond motifs is 1. The van der Waals surface area contributed by atoms with Crippen LogP contribution in [0, 0.1) is 21.0 Å². The van der Waals surface area contributed by atoms with Gasteiger partial charge < -0.3 is 14.9 Å². The third-order valence-corrected chi connectivity index (χ3v) is 7.81. The second-order valence-corrected chi connectivity index (χ2v) is 10.7. The summed E-state index contributed by atoms with van der Waals surface area (Å²) in [4.78, 5) is 25.5. The maximum atomic E-state index is 12.7. The summed E-state index contributed by atoms with van der Waals surface area (Å²) in [6.07, 6.45) is 0.